The predicted octanol–water partition coefficient (Wildman–Crippen LogP) is 6.69. The minimum absolute atomic E-state index is 0. The van der Waals surface area contributed by atoms with Gasteiger partial charge in [-0.15, -0.1) is 0 Å². The molecule has 12 nitrogen and oxygen atoms in total. The number of nitrogens with zero attached hydrogens (tertiary/aromatic N) is 12. The van der Waals surface area contributed by atoms with Crippen LogP contribution in [0.3, 0.4) is 0 Å². The topological polar surface area (TPSA) is 107 Å². The summed E-state index contributed by atoms with van der Waals surface area (Å²) in [4.78, 5) is 25.2. The van der Waals surface area contributed by atoms with Gasteiger partial charge in [0.15, 0.2) is 0 Å². The van der Waals surface area contributed by atoms with E-state index in [9.17, 15) is 0 Å². The van der Waals surface area contributed by atoms with E-state index in [1.54, 1.807) is 0 Å². The average molecular weight is 1040 g/mol. The Balaban J connectivity index is 0.000000240. The molecule has 0 unspecified atom stereocenters. The van der Waals surface area contributed by atoms with Crippen molar-refractivity contribution >= 4 is 0 Å². The molecule has 0 atom stereocenters. The maximum Gasteiger partial charge on any atom is 1.00 e. The minimum Gasteiger partial charge on any atom is -0.333 e. The first-order chi connectivity index (χ1) is 26.3. The van der Waals surface area contributed by atoms with E-state index in [1.807, 2.05) is 112 Å². The summed E-state index contributed by atoms with van der Waals surface area (Å²) >= 11 is 0. The van der Waals surface area contributed by atoms with E-state index in [0.29, 0.717) is 0 Å². The molecule has 0 saturated heterocycles. The first kappa shape index (κ1) is 45.6. The Morgan fingerprint density at radius 2 is 0.421 bits per heavy atom. The third-order valence-corrected chi connectivity index (χ3v) is 10.8. The second-order valence-corrected chi connectivity index (χ2v) is 14.0. The maximum absolute atomic E-state index is 4.20. The van der Waals surface area contributed by atoms with E-state index in [1.165, 1.54) is 66.8 Å². The number of imidazole rings is 6. The molecule has 0 N–H and O–H groups in total. The zero-order valence-corrected chi connectivity index (χ0v) is 37.4. The van der Waals surface area contributed by atoms with Gasteiger partial charge in [-0.2, -0.15) is 0 Å². The molecule has 306 valence electrons. The molecule has 0 aliphatic heterocycles. The number of hydrogen-bond donors (Lipinski definition) is 0. The smallest absolute Gasteiger partial charge is 0.333 e. The van der Waals surface area contributed by atoms with Gasteiger partial charge < -0.3 is 27.4 Å². The van der Waals surface area contributed by atoms with Gasteiger partial charge in [0.05, 0.1) is 38.0 Å². The van der Waals surface area contributed by atoms with Crippen molar-refractivity contribution in [3.63, 3.8) is 0 Å². The molecule has 0 radical (unpaired) electrons. The predicted molar refractivity (Wildman–Crippen MR) is 209 cm³/mol. The Kier molecular flexibility index (Phi) is 16.9. The fourth-order valence-electron chi connectivity index (χ4n) is 7.58. The molecule has 0 bridgehead atoms. The SMILES string of the molecule is Cc1c(Cn2ccnc2)c(C)c(Cn2ccnc2)c(C)c1Cn1ccnc1.Cc1c(Cn2ccnc2)c(C)c(Cn2ccnc2)c(C)c1Cn1ccnc1.[Ag+].[Ag+].[Ag+]. The average Bonchev–Trinajstić information content (AvgIpc) is 4.02. The van der Waals surface area contributed by atoms with Crippen LogP contribution in [0.4, 0.5) is 0 Å². The Labute approximate surface area is 381 Å². The Morgan fingerprint density at radius 1 is 0.281 bits per heavy atom. The zero-order valence-electron chi connectivity index (χ0n) is 32.9. The summed E-state index contributed by atoms with van der Waals surface area (Å²) in [6.07, 6.45) is 34.4. The molecule has 0 aliphatic rings. The molecule has 8 aromatic rings. The van der Waals surface area contributed by atoms with Gasteiger partial charge in [-0.25, -0.2) is 29.9 Å². The molecule has 57 heavy (non-hydrogen) atoms. The van der Waals surface area contributed by atoms with Crippen LogP contribution in [0, 0.1) is 41.5 Å². The number of rotatable bonds is 12. The molecular weight excluding hydrogens is 996 g/mol. The molecule has 15 heteroatoms. The molecule has 0 spiro atoms. The summed E-state index contributed by atoms with van der Waals surface area (Å²) in [6.45, 7) is 18.4. The molecule has 8 rings (SSSR count). The van der Waals surface area contributed by atoms with Crippen molar-refractivity contribution in [3.8, 4) is 0 Å². The van der Waals surface area contributed by atoms with E-state index >= 15 is 0 Å². The summed E-state index contributed by atoms with van der Waals surface area (Å²) in [5.74, 6) is 0. The van der Waals surface area contributed by atoms with Crippen molar-refractivity contribution in [2.24, 2.45) is 0 Å². The number of benzene rings is 2. The van der Waals surface area contributed by atoms with Crippen LogP contribution in [-0.4, -0.2) is 57.3 Å². The van der Waals surface area contributed by atoms with Gasteiger partial charge in [-0.3, -0.25) is 0 Å². The van der Waals surface area contributed by atoms with E-state index in [4.69, 9.17) is 0 Å². The normalized spacial score (nSPS) is 10.6. The van der Waals surface area contributed by atoms with Crippen LogP contribution in [0.5, 0.6) is 0 Å². The standard InChI is InChI=1S/2C21H24N6.3Ag/c2*1-16-19(10-25-7-4-22-13-25)17(2)21(12-27-9-6-24-15-27)18(3)20(16)11-26-8-5-23-14-26;;;/h2*4-9,13-15H,10-12H2,1-3H3;;;/q;;3*+1. The summed E-state index contributed by atoms with van der Waals surface area (Å²) < 4.78 is 12.8. The van der Waals surface area contributed by atoms with Crippen molar-refractivity contribution in [2.45, 2.75) is 80.8 Å². The van der Waals surface area contributed by atoms with Gasteiger partial charge in [0, 0.05) is 114 Å². The van der Waals surface area contributed by atoms with E-state index in [-0.39, 0.29) is 67.1 Å². The Hall–Kier alpha value is -4.08. The summed E-state index contributed by atoms with van der Waals surface area (Å²) in [6, 6.07) is 0. The summed E-state index contributed by atoms with van der Waals surface area (Å²) in [7, 11) is 0. The minimum atomic E-state index is 0. The second kappa shape index (κ2) is 21.1. The van der Waals surface area contributed by atoms with E-state index < -0.39 is 0 Å². The van der Waals surface area contributed by atoms with Crippen LogP contribution in [0.2, 0.25) is 0 Å². The van der Waals surface area contributed by atoms with Crippen LogP contribution in [-0.2, 0) is 106 Å². The molecule has 6 aromatic heterocycles. The van der Waals surface area contributed by atoms with Crippen molar-refractivity contribution in [2.75, 3.05) is 0 Å². The van der Waals surface area contributed by atoms with Crippen LogP contribution < -0.4 is 0 Å². The van der Waals surface area contributed by atoms with Gasteiger partial charge in [-0.05, 0) is 108 Å². The quantitative estimate of drug-likeness (QED) is 0.127. The van der Waals surface area contributed by atoms with Crippen molar-refractivity contribution in [1.29, 1.82) is 0 Å². The first-order valence-corrected chi connectivity index (χ1v) is 18.2. The fourth-order valence-corrected chi connectivity index (χ4v) is 7.58. The van der Waals surface area contributed by atoms with Gasteiger partial charge in [-0.1, -0.05) is 0 Å². The largest absolute Gasteiger partial charge is 1.00 e. The third kappa shape index (κ3) is 10.7. The van der Waals surface area contributed by atoms with Gasteiger partial charge in [0.1, 0.15) is 0 Å². The van der Waals surface area contributed by atoms with Crippen molar-refractivity contribution in [1.82, 2.24) is 57.3 Å². The molecule has 0 aliphatic carbocycles. The molecule has 2 aromatic carbocycles. The number of hydrogen-bond acceptors (Lipinski definition) is 6. The van der Waals surface area contributed by atoms with E-state index in [0.717, 1.165) is 39.3 Å². The van der Waals surface area contributed by atoms with Crippen molar-refractivity contribution in [3.05, 3.63) is 179 Å². The molecule has 0 fully saturated rings. The fraction of sp³-hybridized carbons (Fsp3) is 0.286. The zero-order chi connectivity index (χ0) is 37.6. The van der Waals surface area contributed by atoms with Gasteiger partial charge in [0.25, 0.3) is 0 Å². The third-order valence-electron chi connectivity index (χ3n) is 10.8. The van der Waals surface area contributed by atoms with Gasteiger partial charge >= 0.3 is 67.1 Å². The maximum atomic E-state index is 4.20. The Morgan fingerprint density at radius 3 is 0.526 bits per heavy atom. The molecule has 6 heterocycles. The van der Waals surface area contributed by atoms with Crippen LogP contribution in [0.15, 0.2) is 112 Å². The summed E-state index contributed by atoms with van der Waals surface area (Å²) in [5, 5.41) is 0. The second-order valence-electron chi connectivity index (χ2n) is 14.0. The van der Waals surface area contributed by atoms with Crippen LogP contribution in [0.25, 0.3) is 0 Å². The summed E-state index contributed by atoms with van der Waals surface area (Å²) in [5.41, 5.74) is 16.3. The monoisotopic (exact) mass is 1040 g/mol. The van der Waals surface area contributed by atoms with Gasteiger partial charge in [0.2, 0.25) is 0 Å². The van der Waals surface area contributed by atoms with E-state index in [2.05, 4.69) is 98.8 Å². The molecular formula is C42H48Ag3N12+3. The van der Waals surface area contributed by atoms with Crippen LogP contribution >= 0.6 is 0 Å². The Bertz CT molecular complexity index is 1900. The van der Waals surface area contributed by atoms with Crippen LogP contribution in [0.1, 0.15) is 66.8 Å². The van der Waals surface area contributed by atoms with Crippen molar-refractivity contribution < 1.29 is 67.1 Å². The molecule has 0 saturated carbocycles. The number of aromatic nitrogens is 12. The first-order valence-electron chi connectivity index (χ1n) is 18.2. The molecule has 0 amide bonds.